The van der Waals surface area contributed by atoms with Crippen LogP contribution in [0.1, 0.15) is 16.7 Å². The van der Waals surface area contributed by atoms with E-state index < -0.39 is 0 Å². The van der Waals surface area contributed by atoms with Crippen molar-refractivity contribution in [1.82, 2.24) is 0 Å². The molecule has 0 fully saturated rings. The highest BCUT2D eigenvalue weighted by Crippen LogP contribution is 2.28. The molecule has 1 heterocycles. The van der Waals surface area contributed by atoms with Gasteiger partial charge in [-0.05, 0) is 41.8 Å². The van der Waals surface area contributed by atoms with Crippen LogP contribution < -0.4 is 14.8 Å². The van der Waals surface area contributed by atoms with Gasteiger partial charge in [-0.3, -0.25) is 0 Å². The first-order chi connectivity index (χ1) is 9.76. The number of anilines is 1. The Morgan fingerprint density at radius 1 is 1.20 bits per heavy atom. The lowest BCUT2D eigenvalue weighted by molar-refractivity contribution is 0.357. The maximum atomic E-state index is 5.53. The van der Waals surface area contributed by atoms with E-state index in [0.717, 1.165) is 36.8 Å². The number of aryl methyl sites for hydroxylation is 1. The van der Waals surface area contributed by atoms with E-state index in [2.05, 4.69) is 42.6 Å². The minimum Gasteiger partial charge on any atom is -0.495 e. The molecular formula is C17H19NO2. The summed E-state index contributed by atoms with van der Waals surface area (Å²) in [6.07, 6.45) is 1.01. The van der Waals surface area contributed by atoms with Gasteiger partial charge in [0.15, 0.2) is 0 Å². The fraction of sp³-hybridized carbons (Fsp3) is 0.294. The summed E-state index contributed by atoms with van der Waals surface area (Å²) >= 11 is 0. The Labute approximate surface area is 119 Å². The van der Waals surface area contributed by atoms with Crippen LogP contribution in [0.5, 0.6) is 11.5 Å². The number of fused-ring (bicyclic) bond motifs is 1. The van der Waals surface area contributed by atoms with Crippen molar-refractivity contribution in [3.63, 3.8) is 0 Å². The Bertz CT molecular complexity index is 622. The third-order valence-corrected chi connectivity index (χ3v) is 3.59. The zero-order valence-corrected chi connectivity index (χ0v) is 11.9. The second-order valence-corrected chi connectivity index (χ2v) is 5.10. The molecule has 0 aromatic heterocycles. The van der Waals surface area contributed by atoms with E-state index in [9.17, 15) is 0 Å². The molecule has 0 unspecified atom stereocenters. The van der Waals surface area contributed by atoms with Gasteiger partial charge >= 0.3 is 0 Å². The highest BCUT2D eigenvalue weighted by molar-refractivity contribution is 5.58. The number of ether oxygens (including phenoxy) is 2. The van der Waals surface area contributed by atoms with Crippen LogP contribution in [0, 0.1) is 6.92 Å². The molecule has 20 heavy (non-hydrogen) atoms. The number of methoxy groups -OCH3 is 1. The molecule has 0 atom stereocenters. The Hall–Kier alpha value is -2.16. The summed E-state index contributed by atoms with van der Waals surface area (Å²) < 4.78 is 10.9. The summed E-state index contributed by atoms with van der Waals surface area (Å²) in [6, 6.07) is 12.6. The van der Waals surface area contributed by atoms with E-state index in [1.54, 1.807) is 7.11 Å². The van der Waals surface area contributed by atoms with Crippen LogP contribution in [0.3, 0.4) is 0 Å². The maximum absolute atomic E-state index is 5.53. The average Bonchev–Trinajstić information content (AvgIpc) is 2.93. The number of rotatable bonds is 4. The van der Waals surface area contributed by atoms with E-state index >= 15 is 0 Å². The summed E-state index contributed by atoms with van der Waals surface area (Å²) in [5.41, 5.74) is 4.79. The zero-order chi connectivity index (χ0) is 13.9. The van der Waals surface area contributed by atoms with Crippen LogP contribution in [0.4, 0.5) is 5.69 Å². The van der Waals surface area contributed by atoms with Gasteiger partial charge in [0, 0.05) is 13.0 Å². The third kappa shape index (κ3) is 2.57. The molecule has 0 saturated carbocycles. The van der Waals surface area contributed by atoms with Gasteiger partial charge in [-0.2, -0.15) is 0 Å². The number of nitrogens with one attached hydrogen (secondary N) is 1. The minimum atomic E-state index is 0.784. The summed E-state index contributed by atoms with van der Waals surface area (Å²) in [4.78, 5) is 0. The molecule has 2 aromatic carbocycles. The molecule has 3 rings (SSSR count). The van der Waals surface area contributed by atoms with Crippen molar-refractivity contribution in [3.05, 3.63) is 53.1 Å². The second-order valence-electron chi connectivity index (χ2n) is 5.10. The number of hydrogen-bond donors (Lipinski definition) is 1. The standard InChI is InChI=1S/C17H19NO2/c1-12-3-5-15(17(9-12)19-2)18-11-13-4-6-16-14(10-13)7-8-20-16/h3-6,9-10,18H,7-8,11H2,1-2H3. The summed E-state index contributed by atoms with van der Waals surface area (Å²) in [7, 11) is 1.70. The van der Waals surface area contributed by atoms with Gasteiger partial charge < -0.3 is 14.8 Å². The summed E-state index contributed by atoms with van der Waals surface area (Å²) in [5, 5.41) is 3.43. The van der Waals surface area contributed by atoms with E-state index in [1.807, 2.05) is 6.07 Å². The predicted molar refractivity (Wildman–Crippen MR) is 80.7 cm³/mol. The lowest BCUT2D eigenvalue weighted by atomic mass is 10.1. The fourth-order valence-electron chi connectivity index (χ4n) is 2.49. The highest BCUT2D eigenvalue weighted by atomic mass is 16.5. The molecule has 2 aromatic rings. The molecule has 1 aliphatic heterocycles. The topological polar surface area (TPSA) is 30.5 Å². The Morgan fingerprint density at radius 3 is 2.95 bits per heavy atom. The van der Waals surface area contributed by atoms with Gasteiger partial charge in [-0.15, -0.1) is 0 Å². The lowest BCUT2D eigenvalue weighted by Crippen LogP contribution is -2.02. The van der Waals surface area contributed by atoms with Crippen molar-refractivity contribution < 1.29 is 9.47 Å². The molecule has 104 valence electrons. The molecule has 3 nitrogen and oxygen atoms in total. The molecule has 0 amide bonds. The van der Waals surface area contributed by atoms with Gasteiger partial charge in [0.25, 0.3) is 0 Å². The van der Waals surface area contributed by atoms with Crippen LogP contribution in [-0.2, 0) is 13.0 Å². The van der Waals surface area contributed by atoms with Crippen molar-refractivity contribution in [3.8, 4) is 11.5 Å². The number of benzene rings is 2. The van der Waals surface area contributed by atoms with Gasteiger partial charge in [0.05, 0.1) is 19.4 Å². The van der Waals surface area contributed by atoms with Gasteiger partial charge in [0.1, 0.15) is 11.5 Å². The van der Waals surface area contributed by atoms with Crippen LogP contribution in [0.25, 0.3) is 0 Å². The second kappa shape index (κ2) is 5.45. The monoisotopic (exact) mass is 269 g/mol. The molecule has 0 bridgehead atoms. The van der Waals surface area contributed by atoms with Crippen molar-refractivity contribution in [2.75, 3.05) is 19.0 Å². The van der Waals surface area contributed by atoms with Gasteiger partial charge in [0.2, 0.25) is 0 Å². The summed E-state index contributed by atoms with van der Waals surface area (Å²) in [6.45, 7) is 3.65. The zero-order valence-electron chi connectivity index (χ0n) is 11.9. The lowest BCUT2D eigenvalue weighted by Gasteiger charge is -2.12. The first-order valence-corrected chi connectivity index (χ1v) is 6.89. The van der Waals surface area contributed by atoms with E-state index in [0.29, 0.717) is 0 Å². The average molecular weight is 269 g/mol. The Morgan fingerprint density at radius 2 is 2.10 bits per heavy atom. The quantitative estimate of drug-likeness (QED) is 0.920. The van der Waals surface area contributed by atoms with Crippen LogP contribution in [-0.4, -0.2) is 13.7 Å². The van der Waals surface area contributed by atoms with Gasteiger partial charge in [-0.25, -0.2) is 0 Å². The first kappa shape index (κ1) is 12.9. The van der Waals surface area contributed by atoms with E-state index in [-0.39, 0.29) is 0 Å². The molecular weight excluding hydrogens is 250 g/mol. The fourth-order valence-corrected chi connectivity index (χ4v) is 2.49. The van der Waals surface area contributed by atoms with Crippen LogP contribution in [0.2, 0.25) is 0 Å². The SMILES string of the molecule is COc1cc(C)ccc1NCc1ccc2c(c1)CCO2. The highest BCUT2D eigenvalue weighted by Gasteiger charge is 2.12. The molecule has 0 spiro atoms. The van der Waals surface area contributed by atoms with Crippen LogP contribution >= 0.6 is 0 Å². The number of hydrogen-bond acceptors (Lipinski definition) is 3. The van der Waals surface area contributed by atoms with Crippen molar-refractivity contribution >= 4 is 5.69 Å². The third-order valence-electron chi connectivity index (χ3n) is 3.59. The Balaban J connectivity index is 1.73. The Kier molecular flexibility index (Phi) is 3.50. The normalized spacial score (nSPS) is 12.7. The molecule has 0 radical (unpaired) electrons. The minimum absolute atomic E-state index is 0.784. The predicted octanol–water partition coefficient (Wildman–Crippen LogP) is 3.55. The first-order valence-electron chi connectivity index (χ1n) is 6.89. The van der Waals surface area contributed by atoms with Crippen molar-refractivity contribution in [2.45, 2.75) is 19.9 Å². The van der Waals surface area contributed by atoms with Crippen molar-refractivity contribution in [2.24, 2.45) is 0 Å². The molecule has 0 aliphatic carbocycles. The van der Waals surface area contributed by atoms with E-state index in [1.165, 1.54) is 16.7 Å². The molecule has 0 saturated heterocycles. The van der Waals surface area contributed by atoms with E-state index in [4.69, 9.17) is 9.47 Å². The summed E-state index contributed by atoms with van der Waals surface area (Å²) in [5.74, 6) is 1.91. The maximum Gasteiger partial charge on any atom is 0.142 e. The van der Waals surface area contributed by atoms with Gasteiger partial charge in [-0.1, -0.05) is 18.2 Å². The van der Waals surface area contributed by atoms with Crippen LogP contribution in [0.15, 0.2) is 36.4 Å². The smallest absolute Gasteiger partial charge is 0.142 e. The molecule has 1 N–H and O–H groups in total. The molecule has 3 heteroatoms. The van der Waals surface area contributed by atoms with Crippen molar-refractivity contribution in [1.29, 1.82) is 0 Å². The largest absolute Gasteiger partial charge is 0.495 e. The molecule has 1 aliphatic rings.